The molecule has 0 radical (unpaired) electrons. The van der Waals surface area contributed by atoms with Gasteiger partial charge < -0.3 is 19.3 Å². The number of anilines is 1. The molecule has 5 rings (SSSR count). The van der Waals surface area contributed by atoms with Crippen LogP contribution in [-0.2, 0) is 27.3 Å². The van der Waals surface area contributed by atoms with Crippen LogP contribution in [0, 0.1) is 0 Å². The molecule has 0 aromatic heterocycles. The van der Waals surface area contributed by atoms with Gasteiger partial charge in [-0.1, -0.05) is 78.9 Å². The first-order chi connectivity index (χ1) is 17.2. The van der Waals surface area contributed by atoms with Crippen LogP contribution in [0.15, 0.2) is 91.0 Å². The van der Waals surface area contributed by atoms with Crippen LogP contribution in [0.4, 0.5) is 5.69 Å². The molecule has 5 heteroatoms. The minimum absolute atomic E-state index is 0.0126. The zero-order valence-corrected chi connectivity index (χ0v) is 20.2. The van der Waals surface area contributed by atoms with Crippen molar-refractivity contribution in [2.24, 2.45) is 0 Å². The summed E-state index contributed by atoms with van der Waals surface area (Å²) in [6.07, 6.45) is 2.28. The van der Waals surface area contributed by atoms with Crippen LogP contribution in [0.1, 0.15) is 24.0 Å². The summed E-state index contributed by atoms with van der Waals surface area (Å²) >= 11 is 0. The first kappa shape index (κ1) is 23.7. The van der Waals surface area contributed by atoms with Crippen LogP contribution in [0.2, 0.25) is 0 Å². The molecule has 3 aromatic carbocycles. The first-order valence-corrected chi connectivity index (χ1v) is 12.6. The summed E-state index contributed by atoms with van der Waals surface area (Å²) in [6, 6.07) is 30.7. The number of carbonyl (C=O) groups is 1. The fraction of sp³-hybridized carbons (Fsp3) is 0.367. The van der Waals surface area contributed by atoms with E-state index in [-0.39, 0.29) is 18.1 Å². The quantitative estimate of drug-likeness (QED) is 0.478. The third-order valence-electron chi connectivity index (χ3n) is 7.16. The minimum Gasteiger partial charge on any atom is -0.374 e. The number of hydrogen-bond acceptors (Lipinski definition) is 4. The number of ether oxygens (including phenoxy) is 2. The van der Waals surface area contributed by atoms with Gasteiger partial charge in [0, 0.05) is 25.3 Å². The molecule has 2 aliphatic heterocycles. The normalized spacial score (nSPS) is 20.3. The highest BCUT2D eigenvalue weighted by atomic mass is 16.6. The van der Waals surface area contributed by atoms with Gasteiger partial charge in [-0.3, -0.25) is 4.79 Å². The number of carbonyl (C=O) groups excluding carboxylic acids is 1. The number of hydrogen-bond donors (Lipinski definition) is 0. The smallest absolute Gasteiger partial charge is 0.258 e. The third-order valence-corrected chi connectivity index (χ3v) is 7.16. The van der Waals surface area contributed by atoms with Crippen LogP contribution in [0.3, 0.4) is 0 Å². The SMILES string of the molecule is O=C1C(COCc2ccccc2)OC2(CCN(CCc3ccccc3)CC2)CN1c1ccccc1. The van der Waals surface area contributed by atoms with Crippen molar-refractivity contribution in [2.75, 3.05) is 37.7 Å². The summed E-state index contributed by atoms with van der Waals surface area (Å²) in [7, 11) is 0. The van der Waals surface area contributed by atoms with Gasteiger partial charge in [0.05, 0.1) is 25.4 Å². The minimum atomic E-state index is -0.594. The molecule has 3 aromatic rings. The largest absolute Gasteiger partial charge is 0.374 e. The van der Waals surface area contributed by atoms with Crippen LogP contribution >= 0.6 is 0 Å². The van der Waals surface area contributed by atoms with Gasteiger partial charge in [-0.2, -0.15) is 0 Å². The van der Waals surface area contributed by atoms with Crippen molar-refractivity contribution >= 4 is 11.6 Å². The highest BCUT2D eigenvalue weighted by Gasteiger charge is 2.47. The predicted molar refractivity (Wildman–Crippen MR) is 138 cm³/mol. The number of morpholine rings is 1. The van der Waals surface area contributed by atoms with Crippen molar-refractivity contribution in [1.29, 1.82) is 0 Å². The van der Waals surface area contributed by atoms with Crippen molar-refractivity contribution in [2.45, 2.75) is 37.6 Å². The summed E-state index contributed by atoms with van der Waals surface area (Å²) in [4.78, 5) is 17.9. The number of rotatable bonds is 8. The van der Waals surface area contributed by atoms with E-state index < -0.39 is 6.10 Å². The lowest BCUT2D eigenvalue weighted by Crippen LogP contribution is -2.63. The highest BCUT2D eigenvalue weighted by Crippen LogP contribution is 2.35. The molecule has 2 saturated heterocycles. The Labute approximate surface area is 208 Å². The Morgan fingerprint density at radius 1 is 0.829 bits per heavy atom. The van der Waals surface area contributed by atoms with E-state index in [1.165, 1.54) is 5.56 Å². The Morgan fingerprint density at radius 3 is 2.09 bits per heavy atom. The van der Waals surface area contributed by atoms with Crippen LogP contribution in [0.5, 0.6) is 0 Å². The maximum atomic E-state index is 13.4. The second-order valence-corrected chi connectivity index (χ2v) is 9.63. The summed E-state index contributed by atoms with van der Waals surface area (Å²) in [6.45, 7) is 4.32. The summed E-state index contributed by atoms with van der Waals surface area (Å²) in [5, 5.41) is 0. The average Bonchev–Trinajstić information content (AvgIpc) is 2.92. The Hall–Kier alpha value is -2.99. The zero-order valence-electron chi connectivity index (χ0n) is 20.2. The first-order valence-electron chi connectivity index (χ1n) is 12.6. The van der Waals surface area contributed by atoms with Gasteiger partial charge in [0.15, 0.2) is 6.10 Å². The van der Waals surface area contributed by atoms with Gasteiger partial charge in [-0.05, 0) is 42.5 Å². The molecular formula is C30H34N2O3. The van der Waals surface area contributed by atoms with E-state index in [0.717, 1.165) is 50.1 Å². The molecule has 1 amide bonds. The summed E-state index contributed by atoms with van der Waals surface area (Å²) in [5.41, 5.74) is 3.06. The fourth-order valence-electron chi connectivity index (χ4n) is 5.11. The monoisotopic (exact) mass is 470 g/mol. The number of nitrogens with zero attached hydrogens (tertiary/aromatic N) is 2. The van der Waals surface area contributed by atoms with Crippen molar-refractivity contribution in [3.8, 4) is 0 Å². The molecule has 1 atom stereocenters. The molecule has 2 heterocycles. The van der Waals surface area contributed by atoms with Crippen molar-refractivity contribution < 1.29 is 14.3 Å². The maximum Gasteiger partial charge on any atom is 0.258 e. The molecule has 35 heavy (non-hydrogen) atoms. The van der Waals surface area contributed by atoms with Gasteiger partial charge in [-0.25, -0.2) is 0 Å². The topological polar surface area (TPSA) is 42.0 Å². The number of likely N-dealkylation sites (tertiary alicyclic amines) is 1. The van der Waals surface area contributed by atoms with Gasteiger partial charge in [0.25, 0.3) is 5.91 Å². The van der Waals surface area contributed by atoms with Crippen molar-refractivity contribution in [3.05, 3.63) is 102 Å². The molecule has 1 unspecified atom stereocenters. The molecule has 2 fully saturated rings. The molecule has 5 nitrogen and oxygen atoms in total. The average molecular weight is 471 g/mol. The Kier molecular flexibility index (Phi) is 7.57. The lowest BCUT2D eigenvalue weighted by Gasteiger charge is -2.49. The highest BCUT2D eigenvalue weighted by molar-refractivity contribution is 5.97. The van der Waals surface area contributed by atoms with E-state index in [1.807, 2.05) is 65.6 Å². The molecule has 0 N–H and O–H groups in total. The fourth-order valence-corrected chi connectivity index (χ4v) is 5.11. The van der Waals surface area contributed by atoms with E-state index in [9.17, 15) is 4.79 Å². The van der Waals surface area contributed by atoms with E-state index in [4.69, 9.17) is 9.47 Å². The zero-order chi connectivity index (χ0) is 23.9. The summed E-state index contributed by atoms with van der Waals surface area (Å²) < 4.78 is 12.6. The van der Waals surface area contributed by atoms with E-state index in [2.05, 4.69) is 35.2 Å². The molecular weight excluding hydrogens is 436 g/mol. The van der Waals surface area contributed by atoms with E-state index >= 15 is 0 Å². The van der Waals surface area contributed by atoms with E-state index in [1.54, 1.807) is 0 Å². The maximum absolute atomic E-state index is 13.4. The van der Waals surface area contributed by atoms with Gasteiger partial charge in [-0.15, -0.1) is 0 Å². The van der Waals surface area contributed by atoms with E-state index in [0.29, 0.717) is 13.2 Å². The number of piperidine rings is 1. The molecule has 0 saturated carbocycles. The van der Waals surface area contributed by atoms with Gasteiger partial charge in [0.2, 0.25) is 0 Å². The Bertz CT molecular complexity index is 1070. The number of benzene rings is 3. The van der Waals surface area contributed by atoms with Gasteiger partial charge in [0.1, 0.15) is 0 Å². The van der Waals surface area contributed by atoms with Crippen LogP contribution in [0.25, 0.3) is 0 Å². The lowest BCUT2D eigenvalue weighted by molar-refractivity contribution is -0.174. The van der Waals surface area contributed by atoms with Gasteiger partial charge >= 0.3 is 0 Å². The third kappa shape index (κ3) is 5.99. The Morgan fingerprint density at radius 2 is 1.43 bits per heavy atom. The molecule has 182 valence electrons. The second kappa shape index (κ2) is 11.2. The predicted octanol–water partition coefficient (Wildman–Crippen LogP) is 4.71. The summed E-state index contributed by atoms with van der Waals surface area (Å²) in [5.74, 6) is -0.0126. The van der Waals surface area contributed by atoms with Crippen molar-refractivity contribution in [3.63, 3.8) is 0 Å². The second-order valence-electron chi connectivity index (χ2n) is 9.63. The molecule has 0 bridgehead atoms. The molecule has 2 aliphatic rings. The standard InChI is InChI=1S/C30H34N2O3/c33-29-28(23-34-22-26-12-6-2-7-13-26)35-30(24-32(29)27-14-8-3-9-15-27)17-20-31(21-18-30)19-16-25-10-4-1-5-11-25/h1-15,28H,16-24H2. The number of amides is 1. The molecule has 0 aliphatic carbocycles. The Balaban J connectivity index is 1.24. The lowest BCUT2D eigenvalue weighted by atomic mass is 9.88. The van der Waals surface area contributed by atoms with Crippen LogP contribution in [-0.4, -0.2) is 55.3 Å². The molecule has 1 spiro atoms. The van der Waals surface area contributed by atoms with Crippen molar-refractivity contribution in [1.82, 2.24) is 4.90 Å². The van der Waals surface area contributed by atoms with Crippen LogP contribution < -0.4 is 4.90 Å². The number of para-hydroxylation sites is 1.